The number of fused-ring (bicyclic) bond motifs is 3. The molecule has 0 bridgehead atoms. The standard InChI is InChI=1S/C34H40F3N5O3/c1-3-24-26(35)7-6-21-14-23(43)15-28(29(21)24)40-13-8-25-27(18-40)38-32(39-31(25)41-11-4-9-33(2,44)19-41)45-20-34-10-5-12-42(34)17-22(16-34)30(36)37/h6-7,14-15,43-44H,3-5,8-13,16-20H2,1-2H3. The molecule has 3 saturated heterocycles. The average Bonchev–Trinajstić information content (AvgIpc) is 3.57. The first kappa shape index (κ1) is 30.1. The molecular formula is C34H40F3N5O3. The SMILES string of the molecule is CCc1c(F)ccc2cc(O)cc(N3CCc4c(nc(OCC56CCCN5CC(=C(F)F)C6)nc4N4CCCC(C)(O)C4)C3)c12. The number of nitrogens with zero attached hydrogens (tertiary/aromatic N) is 5. The summed E-state index contributed by atoms with van der Waals surface area (Å²) in [6.07, 6.45) is 3.01. The summed E-state index contributed by atoms with van der Waals surface area (Å²) >= 11 is 0. The van der Waals surface area contributed by atoms with Crippen molar-refractivity contribution in [1.82, 2.24) is 14.9 Å². The van der Waals surface area contributed by atoms with Crippen LogP contribution in [0.3, 0.4) is 0 Å². The Morgan fingerprint density at radius 2 is 1.87 bits per heavy atom. The van der Waals surface area contributed by atoms with E-state index in [1.807, 2.05) is 13.8 Å². The van der Waals surface area contributed by atoms with Crippen molar-refractivity contribution in [3.05, 3.63) is 58.6 Å². The van der Waals surface area contributed by atoms with Gasteiger partial charge < -0.3 is 24.7 Å². The fourth-order valence-electron chi connectivity index (χ4n) is 8.06. The minimum atomic E-state index is -1.60. The molecule has 45 heavy (non-hydrogen) atoms. The fraction of sp³-hybridized carbons (Fsp3) is 0.529. The number of aliphatic hydroxyl groups is 1. The molecular weight excluding hydrogens is 583 g/mol. The number of hydrogen-bond acceptors (Lipinski definition) is 8. The van der Waals surface area contributed by atoms with Crippen LogP contribution in [0, 0.1) is 5.82 Å². The van der Waals surface area contributed by atoms with E-state index in [4.69, 9.17) is 14.7 Å². The second-order valence-corrected chi connectivity index (χ2v) is 13.5. The minimum absolute atomic E-state index is 0.106. The molecule has 3 fully saturated rings. The lowest BCUT2D eigenvalue weighted by molar-refractivity contribution is 0.0445. The molecule has 3 aromatic rings. The van der Waals surface area contributed by atoms with Gasteiger partial charge in [-0.15, -0.1) is 0 Å². The highest BCUT2D eigenvalue weighted by Crippen LogP contribution is 2.44. The number of anilines is 2. The average molecular weight is 624 g/mol. The van der Waals surface area contributed by atoms with E-state index in [2.05, 4.69) is 14.7 Å². The Morgan fingerprint density at radius 1 is 1.04 bits per heavy atom. The molecule has 4 aliphatic heterocycles. The van der Waals surface area contributed by atoms with Gasteiger partial charge in [-0.1, -0.05) is 13.0 Å². The van der Waals surface area contributed by atoms with Crippen molar-refractivity contribution >= 4 is 22.3 Å². The predicted molar refractivity (Wildman–Crippen MR) is 167 cm³/mol. The Kier molecular flexibility index (Phi) is 7.59. The Hall–Kier alpha value is -3.57. The lowest BCUT2D eigenvalue weighted by Crippen LogP contribution is -2.47. The highest BCUT2D eigenvalue weighted by molar-refractivity contribution is 5.98. The van der Waals surface area contributed by atoms with E-state index in [0.29, 0.717) is 44.5 Å². The van der Waals surface area contributed by atoms with Gasteiger partial charge in [-0.25, -0.2) is 4.39 Å². The van der Waals surface area contributed by atoms with E-state index < -0.39 is 17.2 Å². The molecule has 2 atom stereocenters. The normalized spacial score (nSPS) is 25.2. The summed E-state index contributed by atoms with van der Waals surface area (Å²) < 4.78 is 48.4. The van der Waals surface area contributed by atoms with Crippen LogP contribution in [-0.4, -0.2) is 75.6 Å². The van der Waals surface area contributed by atoms with Gasteiger partial charge in [0.05, 0.1) is 23.4 Å². The summed E-state index contributed by atoms with van der Waals surface area (Å²) in [7, 11) is 0. The summed E-state index contributed by atoms with van der Waals surface area (Å²) in [6.45, 7) is 7.15. The first-order valence-electron chi connectivity index (χ1n) is 16.0. The van der Waals surface area contributed by atoms with Gasteiger partial charge >= 0.3 is 6.01 Å². The van der Waals surface area contributed by atoms with Crippen LogP contribution in [0.5, 0.6) is 11.8 Å². The maximum absolute atomic E-state index is 15.0. The number of phenols is 1. The van der Waals surface area contributed by atoms with Gasteiger partial charge in [0, 0.05) is 54.5 Å². The molecule has 0 aliphatic carbocycles. The van der Waals surface area contributed by atoms with Crippen molar-refractivity contribution in [3.8, 4) is 11.8 Å². The van der Waals surface area contributed by atoms with E-state index in [0.717, 1.165) is 65.9 Å². The monoisotopic (exact) mass is 623 g/mol. The molecule has 1 aromatic heterocycles. The molecule has 11 heteroatoms. The van der Waals surface area contributed by atoms with Crippen LogP contribution >= 0.6 is 0 Å². The number of hydrogen-bond donors (Lipinski definition) is 2. The molecule has 5 heterocycles. The van der Waals surface area contributed by atoms with E-state index in [1.165, 1.54) is 6.07 Å². The topological polar surface area (TPSA) is 85.2 Å². The summed E-state index contributed by atoms with van der Waals surface area (Å²) in [6, 6.07) is 6.69. The molecule has 2 aromatic carbocycles. The van der Waals surface area contributed by atoms with Crippen LogP contribution in [0.15, 0.2) is 35.9 Å². The molecule has 2 N–H and O–H groups in total. The lowest BCUT2D eigenvalue weighted by atomic mass is 9.93. The molecule has 0 amide bonds. The van der Waals surface area contributed by atoms with Gasteiger partial charge in [0.15, 0.2) is 0 Å². The van der Waals surface area contributed by atoms with Crippen molar-refractivity contribution in [1.29, 1.82) is 0 Å². The van der Waals surface area contributed by atoms with Gasteiger partial charge in [0.25, 0.3) is 6.08 Å². The van der Waals surface area contributed by atoms with Gasteiger partial charge in [-0.05, 0) is 81.5 Å². The number of piperidine rings is 1. The molecule has 0 saturated carbocycles. The van der Waals surface area contributed by atoms with E-state index in [-0.39, 0.29) is 42.7 Å². The van der Waals surface area contributed by atoms with Crippen LogP contribution in [0.1, 0.15) is 62.8 Å². The molecule has 7 rings (SSSR count). The van der Waals surface area contributed by atoms with Crippen molar-refractivity contribution in [3.63, 3.8) is 0 Å². The van der Waals surface area contributed by atoms with Crippen LogP contribution < -0.4 is 14.5 Å². The number of benzene rings is 2. The molecule has 4 aliphatic rings. The van der Waals surface area contributed by atoms with Gasteiger partial charge in [0.2, 0.25) is 0 Å². The first-order chi connectivity index (χ1) is 21.6. The summed E-state index contributed by atoms with van der Waals surface area (Å²) in [5.74, 6) is 0.568. The Morgan fingerprint density at radius 3 is 2.64 bits per heavy atom. The van der Waals surface area contributed by atoms with Crippen molar-refractivity contribution in [2.75, 3.05) is 49.1 Å². The number of rotatable bonds is 6. The number of phenolic OH excluding ortho intramolecular Hbond substituents is 1. The Labute approximate surface area is 261 Å². The number of aromatic hydroxyl groups is 1. The van der Waals surface area contributed by atoms with Crippen LogP contribution in [0.25, 0.3) is 10.8 Å². The zero-order chi connectivity index (χ0) is 31.5. The third kappa shape index (κ3) is 5.48. The van der Waals surface area contributed by atoms with Crippen LogP contribution in [-0.2, 0) is 19.4 Å². The fourth-order valence-corrected chi connectivity index (χ4v) is 8.06. The second-order valence-electron chi connectivity index (χ2n) is 13.5. The maximum Gasteiger partial charge on any atom is 0.318 e. The van der Waals surface area contributed by atoms with Crippen LogP contribution in [0.4, 0.5) is 24.7 Å². The highest BCUT2D eigenvalue weighted by Gasteiger charge is 2.48. The third-order valence-corrected chi connectivity index (χ3v) is 10.2. The van der Waals surface area contributed by atoms with Gasteiger partial charge in [-0.3, -0.25) is 4.90 Å². The summed E-state index contributed by atoms with van der Waals surface area (Å²) in [5.41, 5.74) is 1.92. The van der Waals surface area contributed by atoms with Crippen molar-refractivity contribution in [2.24, 2.45) is 0 Å². The summed E-state index contributed by atoms with van der Waals surface area (Å²) in [5, 5.41) is 23.1. The zero-order valence-electron chi connectivity index (χ0n) is 25.9. The third-order valence-electron chi connectivity index (χ3n) is 10.2. The molecule has 2 unspecified atom stereocenters. The Bertz CT molecular complexity index is 1680. The summed E-state index contributed by atoms with van der Waals surface area (Å²) in [4.78, 5) is 16.1. The molecule has 0 spiro atoms. The number of halogens is 3. The predicted octanol–water partition coefficient (Wildman–Crippen LogP) is 5.72. The van der Waals surface area contributed by atoms with Crippen molar-refractivity contribution < 1.29 is 28.1 Å². The quantitative estimate of drug-likeness (QED) is 0.361. The largest absolute Gasteiger partial charge is 0.508 e. The van der Waals surface area contributed by atoms with Crippen molar-refractivity contribution in [2.45, 2.75) is 76.5 Å². The van der Waals surface area contributed by atoms with E-state index in [9.17, 15) is 23.4 Å². The van der Waals surface area contributed by atoms with E-state index >= 15 is 0 Å². The first-order valence-corrected chi connectivity index (χ1v) is 16.0. The molecule has 8 nitrogen and oxygen atoms in total. The van der Waals surface area contributed by atoms with E-state index in [1.54, 1.807) is 18.2 Å². The van der Waals surface area contributed by atoms with Crippen LogP contribution in [0.2, 0.25) is 0 Å². The minimum Gasteiger partial charge on any atom is -0.508 e. The lowest BCUT2D eigenvalue weighted by Gasteiger charge is -2.40. The Balaban J connectivity index is 1.26. The highest BCUT2D eigenvalue weighted by atomic mass is 19.3. The molecule has 240 valence electrons. The second kappa shape index (κ2) is 11.3. The zero-order valence-corrected chi connectivity index (χ0v) is 25.9. The molecule has 0 radical (unpaired) electrons. The van der Waals surface area contributed by atoms with Gasteiger partial charge in [-0.2, -0.15) is 18.7 Å². The maximum atomic E-state index is 15.0. The number of β-amino-alcohol motifs (C(OH)–C–C–N with tert-alkyl or cyclic N) is 1. The smallest absolute Gasteiger partial charge is 0.318 e. The number of aryl methyl sites for hydroxylation is 1. The number of aromatic nitrogens is 2. The number of ether oxygens (including phenoxy) is 1. The van der Waals surface area contributed by atoms with Gasteiger partial charge in [0.1, 0.15) is 24.0 Å².